The summed E-state index contributed by atoms with van der Waals surface area (Å²) in [5.74, 6) is 0.837. The lowest BCUT2D eigenvalue weighted by Gasteiger charge is -2.30. The molecule has 1 atom stereocenters. The van der Waals surface area contributed by atoms with Gasteiger partial charge in [0.05, 0.1) is 12.9 Å². The Hall–Kier alpha value is -2.47. The van der Waals surface area contributed by atoms with Gasteiger partial charge in [0.1, 0.15) is 11.8 Å². The van der Waals surface area contributed by atoms with E-state index in [1.807, 2.05) is 62.4 Å². The second kappa shape index (κ2) is 10.8. The van der Waals surface area contributed by atoms with Gasteiger partial charge in [0.2, 0.25) is 11.8 Å². The van der Waals surface area contributed by atoms with Crippen molar-refractivity contribution >= 4 is 23.6 Å². The molecule has 0 fully saturated rings. The molecule has 0 bridgehead atoms. The number of carbonyl (C=O) groups is 2. The molecule has 2 rings (SSSR count). The molecule has 28 heavy (non-hydrogen) atoms. The van der Waals surface area contributed by atoms with Gasteiger partial charge >= 0.3 is 0 Å². The number of hydrogen-bond acceptors (Lipinski definition) is 4. The van der Waals surface area contributed by atoms with Crippen LogP contribution < -0.4 is 10.1 Å². The van der Waals surface area contributed by atoms with E-state index >= 15 is 0 Å². The number of hydrogen-bond donors (Lipinski definition) is 1. The van der Waals surface area contributed by atoms with E-state index < -0.39 is 6.04 Å². The molecule has 150 valence electrons. The minimum absolute atomic E-state index is 0.0585. The SMILES string of the molecule is CC[C@@H](C(=O)NC)N(Cc1ccc(OC)cc1)C(=O)CSc1ccc(C)cc1. The zero-order valence-electron chi connectivity index (χ0n) is 16.9. The zero-order chi connectivity index (χ0) is 20.5. The molecule has 0 spiro atoms. The number of ether oxygens (including phenoxy) is 1. The van der Waals surface area contributed by atoms with E-state index in [1.165, 1.54) is 17.3 Å². The van der Waals surface area contributed by atoms with Crippen LogP contribution in [0.15, 0.2) is 53.4 Å². The summed E-state index contributed by atoms with van der Waals surface area (Å²) >= 11 is 1.49. The van der Waals surface area contributed by atoms with Gasteiger partial charge in [-0.3, -0.25) is 9.59 Å². The number of benzene rings is 2. The first kappa shape index (κ1) is 21.8. The van der Waals surface area contributed by atoms with E-state index in [-0.39, 0.29) is 17.6 Å². The third kappa shape index (κ3) is 6.02. The van der Waals surface area contributed by atoms with E-state index in [2.05, 4.69) is 5.32 Å². The van der Waals surface area contributed by atoms with Crippen molar-refractivity contribution in [1.82, 2.24) is 10.2 Å². The van der Waals surface area contributed by atoms with Crippen LogP contribution in [-0.4, -0.2) is 42.7 Å². The highest BCUT2D eigenvalue weighted by Crippen LogP contribution is 2.21. The summed E-state index contributed by atoms with van der Waals surface area (Å²) in [6.45, 7) is 4.33. The van der Waals surface area contributed by atoms with E-state index in [0.29, 0.717) is 13.0 Å². The van der Waals surface area contributed by atoms with Gasteiger partial charge in [0, 0.05) is 18.5 Å². The minimum atomic E-state index is -0.502. The molecule has 2 aromatic rings. The average Bonchev–Trinajstić information content (AvgIpc) is 2.73. The molecule has 2 amide bonds. The lowest BCUT2D eigenvalue weighted by Crippen LogP contribution is -2.48. The lowest BCUT2D eigenvalue weighted by molar-refractivity contribution is -0.139. The number of carbonyl (C=O) groups excluding carboxylic acids is 2. The van der Waals surface area contributed by atoms with Gasteiger partial charge < -0.3 is 15.0 Å². The highest BCUT2D eigenvalue weighted by atomic mass is 32.2. The third-order valence-corrected chi connectivity index (χ3v) is 5.52. The number of nitrogens with one attached hydrogen (secondary N) is 1. The second-order valence-corrected chi connectivity index (χ2v) is 7.56. The molecule has 0 radical (unpaired) electrons. The quantitative estimate of drug-likeness (QED) is 0.653. The first-order valence-electron chi connectivity index (χ1n) is 9.32. The van der Waals surface area contributed by atoms with Crippen molar-refractivity contribution in [3.8, 4) is 5.75 Å². The Labute approximate surface area is 171 Å². The molecule has 2 aromatic carbocycles. The van der Waals surface area contributed by atoms with Crippen molar-refractivity contribution in [2.24, 2.45) is 0 Å². The molecule has 5 nitrogen and oxygen atoms in total. The van der Waals surface area contributed by atoms with E-state index in [9.17, 15) is 9.59 Å². The number of nitrogens with zero attached hydrogens (tertiary/aromatic N) is 1. The van der Waals surface area contributed by atoms with Gasteiger partial charge in [-0.15, -0.1) is 11.8 Å². The second-order valence-electron chi connectivity index (χ2n) is 6.51. The van der Waals surface area contributed by atoms with Crippen LogP contribution in [0.4, 0.5) is 0 Å². The fourth-order valence-electron chi connectivity index (χ4n) is 2.88. The van der Waals surface area contributed by atoms with Gasteiger partial charge in [-0.1, -0.05) is 36.8 Å². The summed E-state index contributed by atoms with van der Waals surface area (Å²) in [7, 11) is 3.22. The van der Waals surface area contributed by atoms with Crippen LogP contribution in [0.3, 0.4) is 0 Å². The molecule has 0 aliphatic rings. The Balaban J connectivity index is 2.16. The maximum atomic E-state index is 13.0. The molecule has 0 aromatic heterocycles. The Morgan fingerprint density at radius 2 is 1.75 bits per heavy atom. The van der Waals surface area contributed by atoms with Crippen molar-refractivity contribution in [3.63, 3.8) is 0 Å². The largest absolute Gasteiger partial charge is 0.497 e. The maximum Gasteiger partial charge on any atom is 0.242 e. The van der Waals surface area contributed by atoms with Crippen LogP contribution in [0.25, 0.3) is 0 Å². The first-order valence-corrected chi connectivity index (χ1v) is 10.3. The highest BCUT2D eigenvalue weighted by Gasteiger charge is 2.27. The Bertz CT molecular complexity index is 775. The van der Waals surface area contributed by atoms with Gasteiger partial charge in [0.25, 0.3) is 0 Å². The van der Waals surface area contributed by atoms with Crippen LogP contribution in [0.1, 0.15) is 24.5 Å². The smallest absolute Gasteiger partial charge is 0.242 e. The van der Waals surface area contributed by atoms with Crippen molar-refractivity contribution in [3.05, 3.63) is 59.7 Å². The summed E-state index contributed by atoms with van der Waals surface area (Å²) in [6.07, 6.45) is 0.552. The van der Waals surface area contributed by atoms with E-state index in [4.69, 9.17) is 4.74 Å². The number of methoxy groups -OCH3 is 1. The van der Waals surface area contributed by atoms with Crippen LogP contribution in [0.2, 0.25) is 0 Å². The van der Waals surface area contributed by atoms with Crippen molar-refractivity contribution in [2.45, 2.75) is 37.8 Å². The topological polar surface area (TPSA) is 58.6 Å². The first-order chi connectivity index (χ1) is 13.5. The average molecular weight is 401 g/mol. The number of likely N-dealkylation sites (N-methyl/N-ethyl adjacent to an activating group) is 1. The Morgan fingerprint density at radius 1 is 1.11 bits per heavy atom. The van der Waals surface area contributed by atoms with Gasteiger partial charge in [-0.05, 0) is 43.2 Å². The predicted octanol–water partition coefficient (Wildman–Crippen LogP) is 3.65. The summed E-state index contributed by atoms with van der Waals surface area (Å²) in [5.41, 5.74) is 2.14. The standard InChI is InChI=1S/C22H28N2O3S/c1-5-20(22(26)23-3)24(14-17-8-10-18(27-4)11-9-17)21(25)15-28-19-12-6-16(2)7-13-19/h6-13,20H,5,14-15H2,1-4H3,(H,23,26)/t20-/m0/s1. The highest BCUT2D eigenvalue weighted by molar-refractivity contribution is 8.00. The fourth-order valence-corrected chi connectivity index (χ4v) is 3.66. The summed E-state index contributed by atoms with van der Waals surface area (Å²) in [6, 6.07) is 15.1. The van der Waals surface area contributed by atoms with E-state index in [1.54, 1.807) is 19.1 Å². The van der Waals surface area contributed by atoms with Crippen LogP contribution >= 0.6 is 11.8 Å². The van der Waals surface area contributed by atoms with Crippen molar-refractivity contribution < 1.29 is 14.3 Å². The van der Waals surface area contributed by atoms with Gasteiger partial charge in [-0.2, -0.15) is 0 Å². The molecular formula is C22H28N2O3S. The van der Waals surface area contributed by atoms with Gasteiger partial charge in [-0.25, -0.2) is 0 Å². The monoisotopic (exact) mass is 400 g/mol. The molecule has 0 saturated heterocycles. The Morgan fingerprint density at radius 3 is 2.29 bits per heavy atom. The fraction of sp³-hybridized carbons (Fsp3) is 0.364. The number of rotatable bonds is 9. The maximum absolute atomic E-state index is 13.0. The summed E-state index contributed by atoms with van der Waals surface area (Å²) in [5, 5.41) is 2.68. The summed E-state index contributed by atoms with van der Waals surface area (Å²) < 4.78 is 5.19. The Kier molecular flexibility index (Phi) is 8.39. The zero-order valence-corrected chi connectivity index (χ0v) is 17.7. The van der Waals surface area contributed by atoms with Crippen LogP contribution in [0.5, 0.6) is 5.75 Å². The molecule has 6 heteroatoms. The number of aryl methyl sites for hydroxylation is 1. The predicted molar refractivity (Wildman–Crippen MR) is 114 cm³/mol. The number of amides is 2. The van der Waals surface area contributed by atoms with Crippen LogP contribution in [0, 0.1) is 6.92 Å². The molecular weight excluding hydrogens is 372 g/mol. The third-order valence-electron chi connectivity index (χ3n) is 4.53. The van der Waals surface area contributed by atoms with Crippen molar-refractivity contribution in [1.29, 1.82) is 0 Å². The van der Waals surface area contributed by atoms with Gasteiger partial charge in [0.15, 0.2) is 0 Å². The molecule has 0 aliphatic heterocycles. The molecule has 0 saturated carbocycles. The molecule has 1 N–H and O–H groups in total. The lowest BCUT2D eigenvalue weighted by atomic mass is 10.1. The van der Waals surface area contributed by atoms with E-state index in [0.717, 1.165) is 16.2 Å². The number of thioether (sulfide) groups is 1. The van der Waals surface area contributed by atoms with Crippen LogP contribution in [-0.2, 0) is 16.1 Å². The molecule has 0 unspecified atom stereocenters. The molecule has 0 heterocycles. The summed E-state index contributed by atoms with van der Waals surface area (Å²) in [4.78, 5) is 28.1. The normalized spacial score (nSPS) is 11.6. The molecule has 0 aliphatic carbocycles. The van der Waals surface area contributed by atoms with Crippen molar-refractivity contribution in [2.75, 3.05) is 19.9 Å². The minimum Gasteiger partial charge on any atom is -0.497 e.